The summed E-state index contributed by atoms with van der Waals surface area (Å²) in [7, 11) is 0. The van der Waals surface area contributed by atoms with E-state index in [1.807, 2.05) is 13.8 Å². The summed E-state index contributed by atoms with van der Waals surface area (Å²) in [5.74, 6) is 0.839. The molecule has 2 aromatic rings. The van der Waals surface area contributed by atoms with E-state index in [9.17, 15) is 4.79 Å². The van der Waals surface area contributed by atoms with Crippen LogP contribution in [0.3, 0.4) is 0 Å². The number of hydrogen-bond acceptors (Lipinski definition) is 5. The summed E-state index contributed by atoms with van der Waals surface area (Å²) in [5.41, 5.74) is 0.432. The molecule has 0 fully saturated rings. The van der Waals surface area contributed by atoms with Gasteiger partial charge in [0.1, 0.15) is 6.33 Å². The molecule has 2 heterocycles. The molecule has 0 radical (unpaired) electrons. The molecule has 0 atom stereocenters. The third-order valence-corrected chi connectivity index (χ3v) is 2.21. The van der Waals surface area contributed by atoms with Crippen LogP contribution in [0.1, 0.15) is 19.4 Å². The van der Waals surface area contributed by atoms with Gasteiger partial charge in [0.25, 0.3) is 5.56 Å². The summed E-state index contributed by atoms with van der Waals surface area (Å²) in [6.45, 7) is 4.53. The first kappa shape index (κ1) is 11.5. The Morgan fingerprint density at radius 3 is 2.76 bits per heavy atom. The van der Waals surface area contributed by atoms with Crippen molar-refractivity contribution in [2.75, 3.05) is 0 Å². The van der Waals surface area contributed by atoms with Gasteiger partial charge >= 0.3 is 0 Å². The fourth-order valence-electron chi connectivity index (χ4n) is 1.30. The topological polar surface area (TPSA) is 99.3 Å². The first-order valence-corrected chi connectivity index (χ1v) is 5.34. The van der Waals surface area contributed by atoms with Crippen LogP contribution in [0.5, 0.6) is 0 Å². The number of rotatable bonds is 4. The van der Waals surface area contributed by atoms with Crippen molar-refractivity contribution >= 4 is 0 Å². The third kappa shape index (κ3) is 2.76. The summed E-state index contributed by atoms with van der Waals surface area (Å²) >= 11 is 0. The van der Waals surface area contributed by atoms with Crippen LogP contribution >= 0.6 is 0 Å². The molecule has 17 heavy (non-hydrogen) atoms. The lowest BCUT2D eigenvalue weighted by atomic mass is 10.3. The number of aromatic amines is 2. The van der Waals surface area contributed by atoms with Gasteiger partial charge in [0, 0.05) is 24.3 Å². The summed E-state index contributed by atoms with van der Waals surface area (Å²) < 4.78 is 0. The third-order valence-electron chi connectivity index (χ3n) is 2.21. The SMILES string of the molecule is CC(C)NCc1cnc(-c2ncn[nH]2)[nH]c1=O. The first-order chi connectivity index (χ1) is 8.16. The van der Waals surface area contributed by atoms with E-state index in [2.05, 4.69) is 30.5 Å². The maximum absolute atomic E-state index is 11.8. The van der Waals surface area contributed by atoms with Crippen molar-refractivity contribution in [1.82, 2.24) is 30.5 Å². The predicted octanol–water partition coefficient (Wildman–Crippen LogP) is 0.0530. The van der Waals surface area contributed by atoms with Crippen molar-refractivity contribution in [1.29, 1.82) is 0 Å². The largest absolute Gasteiger partial charge is 0.310 e. The summed E-state index contributed by atoms with van der Waals surface area (Å²) in [5, 5.41) is 9.50. The lowest BCUT2D eigenvalue weighted by molar-refractivity contribution is 0.584. The van der Waals surface area contributed by atoms with Crippen molar-refractivity contribution in [3.63, 3.8) is 0 Å². The van der Waals surface area contributed by atoms with Crippen LogP contribution < -0.4 is 10.9 Å². The van der Waals surface area contributed by atoms with Crippen LogP contribution in [-0.4, -0.2) is 31.2 Å². The van der Waals surface area contributed by atoms with E-state index in [1.165, 1.54) is 6.33 Å². The van der Waals surface area contributed by atoms with Gasteiger partial charge in [0.2, 0.25) is 0 Å². The van der Waals surface area contributed by atoms with Crippen LogP contribution in [0.4, 0.5) is 0 Å². The first-order valence-electron chi connectivity index (χ1n) is 5.34. The Morgan fingerprint density at radius 2 is 2.18 bits per heavy atom. The molecule has 0 unspecified atom stereocenters. The zero-order valence-electron chi connectivity index (χ0n) is 9.69. The second-order valence-electron chi connectivity index (χ2n) is 3.96. The maximum atomic E-state index is 11.8. The molecule has 0 aliphatic rings. The zero-order chi connectivity index (χ0) is 12.3. The van der Waals surface area contributed by atoms with Crippen LogP contribution in [0.15, 0.2) is 17.3 Å². The fraction of sp³-hybridized carbons (Fsp3) is 0.400. The zero-order valence-corrected chi connectivity index (χ0v) is 9.69. The van der Waals surface area contributed by atoms with Crippen molar-refractivity contribution < 1.29 is 0 Å². The molecule has 0 saturated heterocycles. The molecule has 7 heteroatoms. The minimum atomic E-state index is -0.167. The van der Waals surface area contributed by atoms with Crippen molar-refractivity contribution in [3.8, 4) is 11.6 Å². The van der Waals surface area contributed by atoms with Crippen molar-refractivity contribution in [2.45, 2.75) is 26.4 Å². The van der Waals surface area contributed by atoms with Gasteiger partial charge in [-0.25, -0.2) is 9.97 Å². The Bertz CT molecular complexity index is 530. The van der Waals surface area contributed by atoms with Gasteiger partial charge in [-0.05, 0) is 0 Å². The van der Waals surface area contributed by atoms with E-state index in [4.69, 9.17) is 0 Å². The van der Waals surface area contributed by atoms with Gasteiger partial charge < -0.3 is 10.3 Å². The average Bonchev–Trinajstić information content (AvgIpc) is 2.80. The summed E-state index contributed by atoms with van der Waals surface area (Å²) in [6, 6.07) is 0.323. The Labute approximate surface area is 97.7 Å². The molecule has 90 valence electrons. The normalized spacial score (nSPS) is 11.0. The van der Waals surface area contributed by atoms with E-state index in [0.29, 0.717) is 29.8 Å². The van der Waals surface area contributed by atoms with Crippen LogP contribution in [0.25, 0.3) is 11.6 Å². The number of nitrogens with one attached hydrogen (secondary N) is 3. The highest BCUT2D eigenvalue weighted by Gasteiger charge is 2.06. The van der Waals surface area contributed by atoms with E-state index in [1.54, 1.807) is 6.20 Å². The lowest BCUT2D eigenvalue weighted by Gasteiger charge is -2.06. The molecule has 0 bridgehead atoms. The lowest BCUT2D eigenvalue weighted by Crippen LogP contribution is -2.26. The molecule has 3 N–H and O–H groups in total. The molecular weight excluding hydrogens is 220 g/mol. The molecule has 0 saturated carbocycles. The van der Waals surface area contributed by atoms with Crippen molar-refractivity contribution in [3.05, 3.63) is 28.4 Å². The Morgan fingerprint density at radius 1 is 1.35 bits per heavy atom. The number of H-pyrrole nitrogens is 2. The highest BCUT2D eigenvalue weighted by Crippen LogP contribution is 2.03. The quantitative estimate of drug-likeness (QED) is 0.694. The van der Waals surface area contributed by atoms with Crippen LogP contribution in [0, 0.1) is 0 Å². The number of aromatic nitrogens is 5. The predicted molar refractivity (Wildman–Crippen MR) is 62.2 cm³/mol. The van der Waals surface area contributed by atoms with E-state index in [-0.39, 0.29) is 5.56 Å². The summed E-state index contributed by atoms with van der Waals surface area (Å²) in [4.78, 5) is 22.5. The highest BCUT2D eigenvalue weighted by atomic mass is 16.1. The molecule has 0 amide bonds. The van der Waals surface area contributed by atoms with E-state index >= 15 is 0 Å². The average molecular weight is 234 g/mol. The highest BCUT2D eigenvalue weighted by molar-refractivity contribution is 5.40. The molecule has 2 aromatic heterocycles. The van der Waals surface area contributed by atoms with Gasteiger partial charge in [-0.3, -0.25) is 9.89 Å². The van der Waals surface area contributed by atoms with Crippen molar-refractivity contribution in [2.24, 2.45) is 0 Å². The molecule has 7 nitrogen and oxygen atoms in total. The molecule has 0 aliphatic carbocycles. The minimum Gasteiger partial charge on any atom is -0.310 e. The van der Waals surface area contributed by atoms with Gasteiger partial charge in [-0.2, -0.15) is 5.10 Å². The van der Waals surface area contributed by atoms with E-state index < -0.39 is 0 Å². The van der Waals surface area contributed by atoms with Crippen LogP contribution in [0.2, 0.25) is 0 Å². The number of nitrogens with zero attached hydrogens (tertiary/aromatic N) is 3. The molecular formula is C10H14N6O. The van der Waals surface area contributed by atoms with Gasteiger partial charge in [0.05, 0.1) is 0 Å². The second-order valence-corrected chi connectivity index (χ2v) is 3.96. The molecule has 0 spiro atoms. The van der Waals surface area contributed by atoms with Gasteiger partial charge in [0.15, 0.2) is 11.6 Å². The Balaban J connectivity index is 2.20. The monoisotopic (exact) mass is 234 g/mol. The smallest absolute Gasteiger partial charge is 0.255 e. The molecule has 2 rings (SSSR count). The van der Waals surface area contributed by atoms with Gasteiger partial charge in [-0.15, -0.1) is 0 Å². The maximum Gasteiger partial charge on any atom is 0.255 e. The standard InChI is InChI=1S/C10H14N6O/c1-6(2)11-3-7-4-12-8(15-10(7)17)9-13-5-14-16-9/h4-6,11H,3H2,1-2H3,(H,12,15,17)(H,13,14,16). The molecule has 0 aliphatic heterocycles. The minimum absolute atomic E-state index is 0.167. The second kappa shape index (κ2) is 4.88. The fourth-order valence-corrected chi connectivity index (χ4v) is 1.30. The Kier molecular flexibility index (Phi) is 3.29. The summed E-state index contributed by atoms with van der Waals surface area (Å²) in [6.07, 6.45) is 2.91. The van der Waals surface area contributed by atoms with E-state index in [0.717, 1.165) is 0 Å². The van der Waals surface area contributed by atoms with Gasteiger partial charge in [-0.1, -0.05) is 13.8 Å². The molecule has 0 aromatic carbocycles. The number of hydrogen-bond donors (Lipinski definition) is 3. The Hall–Kier alpha value is -2.02. The van der Waals surface area contributed by atoms with Crippen LogP contribution in [-0.2, 0) is 6.54 Å².